The molecular formula is C37H44O5. The Bertz CT molecular complexity index is 1280. The minimum Gasteiger partial charge on any atom is -0.494 e. The highest BCUT2D eigenvalue weighted by atomic mass is 16.5. The molecular weight excluding hydrogens is 524 g/mol. The van der Waals surface area contributed by atoms with Crippen LogP contribution in [0, 0.1) is 6.92 Å². The maximum Gasteiger partial charge on any atom is 0.119 e. The largest absolute Gasteiger partial charge is 0.494 e. The summed E-state index contributed by atoms with van der Waals surface area (Å²) in [6.45, 7) is 6.92. The van der Waals surface area contributed by atoms with Crippen molar-refractivity contribution in [3.8, 4) is 33.8 Å². The van der Waals surface area contributed by atoms with Crippen molar-refractivity contribution in [2.24, 2.45) is 0 Å². The number of methoxy groups -OCH3 is 1. The molecule has 0 saturated carbocycles. The van der Waals surface area contributed by atoms with Gasteiger partial charge in [-0.1, -0.05) is 78.4 Å². The Morgan fingerprint density at radius 3 is 1.71 bits per heavy atom. The van der Waals surface area contributed by atoms with Gasteiger partial charge in [-0.15, -0.1) is 0 Å². The normalized spacial score (nSPS) is 11.0. The van der Waals surface area contributed by atoms with E-state index in [9.17, 15) is 0 Å². The molecule has 0 aliphatic carbocycles. The Hall–Kier alpha value is -3.64. The van der Waals surface area contributed by atoms with Crippen LogP contribution in [0.2, 0.25) is 0 Å². The highest BCUT2D eigenvalue weighted by Crippen LogP contribution is 2.25. The van der Waals surface area contributed by atoms with Crippen molar-refractivity contribution < 1.29 is 23.7 Å². The molecule has 0 bridgehead atoms. The first kappa shape index (κ1) is 31.3. The van der Waals surface area contributed by atoms with Gasteiger partial charge in [0.25, 0.3) is 0 Å². The third-order valence-corrected chi connectivity index (χ3v) is 6.94. The number of hydrogen-bond acceptors (Lipinski definition) is 5. The zero-order chi connectivity index (χ0) is 29.2. The van der Waals surface area contributed by atoms with Gasteiger partial charge in [0.1, 0.15) is 11.5 Å². The van der Waals surface area contributed by atoms with E-state index in [-0.39, 0.29) is 0 Å². The van der Waals surface area contributed by atoms with E-state index >= 15 is 0 Å². The van der Waals surface area contributed by atoms with Crippen LogP contribution in [0.4, 0.5) is 0 Å². The first-order valence-electron chi connectivity index (χ1n) is 15.0. The summed E-state index contributed by atoms with van der Waals surface area (Å²) in [6.07, 6.45) is 3.53. The summed E-state index contributed by atoms with van der Waals surface area (Å²) in [7, 11) is 1.71. The molecule has 0 fully saturated rings. The first-order chi connectivity index (χ1) is 20.7. The van der Waals surface area contributed by atoms with E-state index in [1.165, 1.54) is 27.8 Å². The van der Waals surface area contributed by atoms with Crippen LogP contribution in [0.25, 0.3) is 22.3 Å². The minimum absolute atomic E-state index is 0.646. The predicted molar refractivity (Wildman–Crippen MR) is 171 cm³/mol. The second-order valence-corrected chi connectivity index (χ2v) is 10.3. The van der Waals surface area contributed by atoms with E-state index < -0.39 is 0 Å². The Morgan fingerprint density at radius 1 is 0.476 bits per heavy atom. The molecule has 0 aliphatic rings. The number of aryl methyl sites for hydroxylation is 1. The van der Waals surface area contributed by atoms with Gasteiger partial charge in [0.2, 0.25) is 0 Å². The topological polar surface area (TPSA) is 46.2 Å². The predicted octanol–water partition coefficient (Wildman–Crippen LogP) is 8.18. The lowest BCUT2D eigenvalue weighted by atomic mass is 10.0. The van der Waals surface area contributed by atoms with E-state index in [0.717, 1.165) is 42.7 Å². The first-order valence-corrected chi connectivity index (χ1v) is 15.0. The monoisotopic (exact) mass is 568 g/mol. The lowest BCUT2D eigenvalue weighted by Crippen LogP contribution is -2.07. The smallest absolute Gasteiger partial charge is 0.119 e. The van der Waals surface area contributed by atoms with Gasteiger partial charge in [0.05, 0.1) is 19.8 Å². The fourth-order valence-electron chi connectivity index (χ4n) is 4.52. The van der Waals surface area contributed by atoms with Crippen molar-refractivity contribution in [1.82, 2.24) is 0 Å². The minimum atomic E-state index is 0.646. The molecule has 0 N–H and O–H groups in total. The van der Waals surface area contributed by atoms with Crippen LogP contribution in [-0.2, 0) is 20.6 Å². The summed E-state index contributed by atoms with van der Waals surface area (Å²) in [6, 6.07) is 33.8. The summed E-state index contributed by atoms with van der Waals surface area (Å²) in [5, 5.41) is 0. The average molecular weight is 569 g/mol. The van der Waals surface area contributed by atoms with Crippen molar-refractivity contribution >= 4 is 0 Å². The van der Waals surface area contributed by atoms with Crippen LogP contribution in [-0.4, -0.2) is 53.4 Å². The number of ether oxygens (including phenoxy) is 5. The molecule has 0 radical (unpaired) electrons. The molecule has 4 rings (SSSR count). The van der Waals surface area contributed by atoms with Crippen molar-refractivity contribution in [2.75, 3.05) is 53.4 Å². The van der Waals surface area contributed by atoms with Crippen LogP contribution in [0.15, 0.2) is 97.1 Å². The molecule has 5 heteroatoms. The second kappa shape index (κ2) is 18.0. The van der Waals surface area contributed by atoms with Crippen molar-refractivity contribution in [3.05, 3.63) is 108 Å². The molecule has 222 valence electrons. The third-order valence-electron chi connectivity index (χ3n) is 6.94. The fourth-order valence-corrected chi connectivity index (χ4v) is 4.52. The Balaban J connectivity index is 1.01. The Labute approximate surface area is 251 Å². The molecule has 0 saturated heterocycles. The molecule has 4 aromatic rings. The summed E-state index contributed by atoms with van der Waals surface area (Å²) < 4.78 is 28.3. The van der Waals surface area contributed by atoms with Crippen LogP contribution >= 0.6 is 0 Å². The lowest BCUT2D eigenvalue weighted by molar-refractivity contribution is 0.0785. The molecule has 0 amide bonds. The number of hydrogen-bond donors (Lipinski definition) is 0. The van der Waals surface area contributed by atoms with E-state index in [0.29, 0.717) is 46.2 Å². The van der Waals surface area contributed by atoms with Gasteiger partial charge in [0, 0.05) is 46.4 Å². The quantitative estimate of drug-likeness (QED) is 0.107. The average Bonchev–Trinajstić information content (AvgIpc) is 3.03. The van der Waals surface area contributed by atoms with Gasteiger partial charge in [-0.2, -0.15) is 0 Å². The molecule has 0 spiro atoms. The molecule has 5 nitrogen and oxygen atoms in total. The lowest BCUT2D eigenvalue weighted by Gasteiger charge is -2.09. The van der Waals surface area contributed by atoms with E-state index in [4.69, 9.17) is 23.7 Å². The van der Waals surface area contributed by atoms with Gasteiger partial charge in [0.15, 0.2) is 0 Å². The summed E-state index contributed by atoms with van der Waals surface area (Å²) in [4.78, 5) is 0. The maximum absolute atomic E-state index is 5.86. The van der Waals surface area contributed by atoms with Crippen LogP contribution in [0.3, 0.4) is 0 Å². The van der Waals surface area contributed by atoms with Crippen molar-refractivity contribution in [2.45, 2.75) is 32.6 Å². The number of benzene rings is 4. The molecule has 42 heavy (non-hydrogen) atoms. The van der Waals surface area contributed by atoms with Crippen LogP contribution in [0.5, 0.6) is 11.5 Å². The summed E-state index contributed by atoms with van der Waals surface area (Å²) in [5.41, 5.74) is 7.29. The van der Waals surface area contributed by atoms with Crippen LogP contribution in [0.1, 0.15) is 30.4 Å². The Morgan fingerprint density at radius 2 is 1.02 bits per heavy atom. The highest BCUT2D eigenvalue weighted by molar-refractivity contribution is 5.65. The fraction of sp³-hybridized carbons (Fsp3) is 0.351. The summed E-state index contributed by atoms with van der Waals surface area (Å²) >= 11 is 0. The van der Waals surface area contributed by atoms with Gasteiger partial charge in [-0.3, -0.25) is 0 Å². The summed E-state index contributed by atoms with van der Waals surface area (Å²) in [5.74, 6) is 1.78. The van der Waals surface area contributed by atoms with Crippen molar-refractivity contribution in [1.29, 1.82) is 0 Å². The molecule has 0 heterocycles. The zero-order valence-electron chi connectivity index (χ0n) is 25.1. The third kappa shape index (κ3) is 11.0. The molecule has 4 aromatic carbocycles. The SMILES string of the molecule is COCCCOc1cccc(-c2ccc(CCOCCCOCCCOc3ccc(-c4ccc(C)cc4)cc3)cc2)c1. The maximum atomic E-state index is 5.86. The molecule has 0 unspecified atom stereocenters. The molecule has 0 atom stereocenters. The van der Waals surface area contributed by atoms with E-state index in [2.05, 4.69) is 79.7 Å². The molecule has 0 aromatic heterocycles. The van der Waals surface area contributed by atoms with Gasteiger partial charge in [-0.25, -0.2) is 0 Å². The van der Waals surface area contributed by atoms with E-state index in [1.54, 1.807) is 7.11 Å². The van der Waals surface area contributed by atoms with Gasteiger partial charge < -0.3 is 23.7 Å². The highest BCUT2D eigenvalue weighted by Gasteiger charge is 2.03. The standard InChI is InChI=1S/C37H44O5/c1-30-9-13-32(14-10-30)33-17-19-36(20-18-33)41-27-6-25-39-23-5-24-40-28-21-31-11-15-34(16-12-31)35-7-3-8-37(29-35)42-26-4-22-38-2/h3,7-20,29H,4-6,21-28H2,1-2H3. The van der Waals surface area contributed by atoms with Crippen LogP contribution < -0.4 is 9.47 Å². The number of rotatable bonds is 19. The molecule has 0 aliphatic heterocycles. The van der Waals surface area contributed by atoms with Gasteiger partial charge in [-0.05, 0) is 71.8 Å². The van der Waals surface area contributed by atoms with Crippen molar-refractivity contribution in [3.63, 3.8) is 0 Å². The second-order valence-electron chi connectivity index (χ2n) is 10.3. The zero-order valence-corrected chi connectivity index (χ0v) is 25.1. The van der Waals surface area contributed by atoms with Gasteiger partial charge >= 0.3 is 0 Å². The Kier molecular flexibility index (Phi) is 13.4. The van der Waals surface area contributed by atoms with E-state index in [1.807, 2.05) is 24.3 Å².